The van der Waals surface area contributed by atoms with E-state index in [0.29, 0.717) is 5.56 Å². The third-order valence-electron chi connectivity index (χ3n) is 3.51. The lowest BCUT2D eigenvalue weighted by molar-refractivity contribution is -0.404. The number of rotatable bonds is 5. The molecule has 2 N–H and O–H groups in total. The standard InChI is InChI=1S/C18H20O6/c1-17(2,3)23-24-18(12-8-5-4-6-9-12)11-7-10-13(15(19)20)14(18)16(21)22/h4-11,14H,1-3H3,(H,19,20)(H,21,22). The average molecular weight is 332 g/mol. The fourth-order valence-electron chi connectivity index (χ4n) is 2.51. The van der Waals surface area contributed by atoms with Gasteiger partial charge in [-0.1, -0.05) is 42.5 Å². The molecule has 2 rings (SSSR count). The van der Waals surface area contributed by atoms with Gasteiger partial charge in [0.05, 0.1) is 11.2 Å². The van der Waals surface area contributed by atoms with Gasteiger partial charge in [-0.2, -0.15) is 0 Å². The number of carboxylic acids is 2. The normalized spacial score (nSPS) is 23.6. The second-order valence-electron chi connectivity index (χ2n) is 6.50. The molecule has 1 aromatic carbocycles. The van der Waals surface area contributed by atoms with Gasteiger partial charge in [0.1, 0.15) is 5.92 Å². The van der Waals surface area contributed by atoms with E-state index in [1.807, 2.05) is 0 Å². The first kappa shape index (κ1) is 17.9. The molecule has 0 aliphatic heterocycles. The van der Waals surface area contributed by atoms with Crippen LogP contribution in [0.15, 0.2) is 54.1 Å². The minimum atomic E-state index is -1.58. The topological polar surface area (TPSA) is 93.1 Å². The Kier molecular flexibility index (Phi) is 4.91. The van der Waals surface area contributed by atoms with Crippen molar-refractivity contribution < 1.29 is 29.6 Å². The van der Waals surface area contributed by atoms with Crippen LogP contribution >= 0.6 is 0 Å². The van der Waals surface area contributed by atoms with Gasteiger partial charge in [0.15, 0.2) is 5.60 Å². The number of allylic oxidation sites excluding steroid dienone is 2. The highest BCUT2D eigenvalue weighted by molar-refractivity contribution is 5.95. The second kappa shape index (κ2) is 6.59. The molecule has 6 nitrogen and oxygen atoms in total. The molecule has 6 heteroatoms. The zero-order chi connectivity index (χ0) is 18.0. The van der Waals surface area contributed by atoms with Crippen LogP contribution < -0.4 is 0 Å². The van der Waals surface area contributed by atoms with Gasteiger partial charge in [0.2, 0.25) is 0 Å². The van der Waals surface area contributed by atoms with E-state index in [1.165, 1.54) is 18.2 Å². The molecule has 0 heterocycles. The van der Waals surface area contributed by atoms with E-state index >= 15 is 0 Å². The number of carbonyl (C=O) groups is 2. The predicted molar refractivity (Wildman–Crippen MR) is 86.0 cm³/mol. The van der Waals surface area contributed by atoms with Crippen LogP contribution in [0.25, 0.3) is 0 Å². The van der Waals surface area contributed by atoms with E-state index < -0.39 is 29.1 Å². The summed E-state index contributed by atoms with van der Waals surface area (Å²) < 4.78 is 0. The van der Waals surface area contributed by atoms with Crippen LogP contribution in [-0.2, 0) is 25.0 Å². The van der Waals surface area contributed by atoms with Gasteiger partial charge in [-0.15, -0.1) is 0 Å². The van der Waals surface area contributed by atoms with E-state index in [4.69, 9.17) is 9.78 Å². The van der Waals surface area contributed by atoms with Crippen molar-refractivity contribution in [2.45, 2.75) is 32.0 Å². The minimum Gasteiger partial charge on any atom is -0.481 e. The van der Waals surface area contributed by atoms with Gasteiger partial charge in [-0.25, -0.2) is 14.6 Å². The SMILES string of the molecule is CC(C)(C)OOC1(c2ccccc2)C=CC=C(C(=O)O)C1C(=O)O. The maximum Gasteiger partial charge on any atom is 0.332 e. The monoisotopic (exact) mass is 332 g/mol. The highest BCUT2D eigenvalue weighted by Gasteiger charge is 2.51. The summed E-state index contributed by atoms with van der Waals surface area (Å²) in [6.45, 7) is 5.26. The van der Waals surface area contributed by atoms with Crippen molar-refractivity contribution >= 4 is 11.9 Å². The first-order valence-electron chi connectivity index (χ1n) is 7.45. The molecule has 0 radical (unpaired) electrons. The summed E-state index contributed by atoms with van der Waals surface area (Å²) in [6, 6.07) is 8.58. The lowest BCUT2D eigenvalue weighted by atomic mass is 9.74. The van der Waals surface area contributed by atoms with Crippen molar-refractivity contribution in [2.75, 3.05) is 0 Å². The van der Waals surface area contributed by atoms with Crippen molar-refractivity contribution in [1.29, 1.82) is 0 Å². The largest absolute Gasteiger partial charge is 0.481 e. The van der Waals surface area contributed by atoms with E-state index in [2.05, 4.69) is 0 Å². The van der Waals surface area contributed by atoms with Crippen LogP contribution in [-0.4, -0.2) is 27.8 Å². The molecular weight excluding hydrogens is 312 g/mol. The summed E-state index contributed by atoms with van der Waals surface area (Å²) in [5.74, 6) is -4.08. The Morgan fingerprint density at radius 2 is 1.75 bits per heavy atom. The number of hydrogen-bond donors (Lipinski definition) is 2. The van der Waals surface area contributed by atoms with Crippen LogP contribution in [0, 0.1) is 5.92 Å². The van der Waals surface area contributed by atoms with Gasteiger partial charge in [-0.05, 0) is 32.4 Å². The van der Waals surface area contributed by atoms with E-state index in [-0.39, 0.29) is 5.57 Å². The molecule has 0 amide bonds. The summed E-state index contributed by atoms with van der Waals surface area (Å²) in [6.07, 6.45) is 4.25. The van der Waals surface area contributed by atoms with Crippen molar-refractivity contribution in [2.24, 2.45) is 5.92 Å². The van der Waals surface area contributed by atoms with Crippen LogP contribution in [0.5, 0.6) is 0 Å². The third-order valence-corrected chi connectivity index (χ3v) is 3.51. The fraction of sp³-hybridized carbons (Fsp3) is 0.333. The molecular formula is C18H20O6. The fourth-order valence-corrected chi connectivity index (χ4v) is 2.51. The molecule has 2 atom stereocenters. The summed E-state index contributed by atoms with van der Waals surface area (Å²) in [5, 5.41) is 19.1. The molecule has 0 saturated carbocycles. The zero-order valence-electron chi connectivity index (χ0n) is 13.7. The van der Waals surface area contributed by atoms with Gasteiger partial charge in [-0.3, -0.25) is 4.79 Å². The predicted octanol–water partition coefficient (Wildman–Crippen LogP) is 2.91. The summed E-state index contributed by atoms with van der Waals surface area (Å²) in [5.41, 5.74) is -2.07. The molecule has 1 aliphatic carbocycles. The minimum absolute atomic E-state index is 0.272. The van der Waals surface area contributed by atoms with E-state index in [1.54, 1.807) is 51.1 Å². The molecule has 1 aromatic rings. The van der Waals surface area contributed by atoms with Gasteiger partial charge >= 0.3 is 11.9 Å². The Balaban J connectivity index is 2.60. The molecule has 2 unspecified atom stereocenters. The van der Waals surface area contributed by atoms with Gasteiger partial charge in [0, 0.05) is 0 Å². The summed E-state index contributed by atoms with van der Waals surface area (Å²) >= 11 is 0. The third kappa shape index (κ3) is 3.55. The van der Waals surface area contributed by atoms with E-state index in [9.17, 15) is 19.8 Å². The highest BCUT2D eigenvalue weighted by atomic mass is 17.2. The van der Waals surface area contributed by atoms with Crippen LogP contribution in [0.3, 0.4) is 0 Å². The Morgan fingerprint density at radius 1 is 1.12 bits per heavy atom. The Bertz CT molecular complexity index is 683. The zero-order valence-corrected chi connectivity index (χ0v) is 13.7. The van der Waals surface area contributed by atoms with Crippen LogP contribution in [0.4, 0.5) is 0 Å². The van der Waals surface area contributed by atoms with Gasteiger partial charge < -0.3 is 10.2 Å². The lowest BCUT2D eigenvalue weighted by Gasteiger charge is -2.38. The molecule has 0 bridgehead atoms. The Labute approximate surface area is 139 Å². The van der Waals surface area contributed by atoms with Crippen molar-refractivity contribution in [3.05, 3.63) is 59.7 Å². The van der Waals surface area contributed by atoms with Crippen molar-refractivity contribution in [1.82, 2.24) is 0 Å². The Morgan fingerprint density at radius 3 is 2.25 bits per heavy atom. The molecule has 0 fully saturated rings. The van der Waals surface area contributed by atoms with Gasteiger partial charge in [0.25, 0.3) is 0 Å². The first-order chi connectivity index (χ1) is 11.2. The number of carboxylic acid groups (broad SMARTS) is 2. The first-order valence-corrected chi connectivity index (χ1v) is 7.45. The summed E-state index contributed by atoms with van der Waals surface area (Å²) in [7, 11) is 0. The molecule has 24 heavy (non-hydrogen) atoms. The number of hydrogen-bond acceptors (Lipinski definition) is 4. The molecule has 1 aliphatic rings. The maximum absolute atomic E-state index is 11.9. The average Bonchev–Trinajstić information content (AvgIpc) is 2.52. The number of aliphatic carboxylic acids is 2. The molecule has 0 saturated heterocycles. The summed E-state index contributed by atoms with van der Waals surface area (Å²) in [4.78, 5) is 34.4. The number of benzene rings is 1. The molecule has 128 valence electrons. The van der Waals surface area contributed by atoms with Crippen molar-refractivity contribution in [3.8, 4) is 0 Å². The second-order valence-corrected chi connectivity index (χ2v) is 6.50. The smallest absolute Gasteiger partial charge is 0.332 e. The van der Waals surface area contributed by atoms with Crippen molar-refractivity contribution in [3.63, 3.8) is 0 Å². The van der Waals surface area contributed by atoms with Crippen LogP contribution in [0.1, 0.15) is 26.3 Å². The molecule has 0 spiro atoms. The quantitative estimate of drug-likeness (QED) is 0.636. The highest BCUT2D eigenvalue weighted by Crippen LogP contribution is 2.43. The molecule has 0 aromatic heterocycles. The van der Waals surface area contributed by atoms with Crippen LogP contribution in [0.2, 0.25) is 0 Å². The lowest BCUT2D eigenvalue weighted by Crippen LogP contribution is -2.46. The maximum atomic E-state index is 11.9. The Hall–Kier alpha value is -2.44. The van der Waals surface area contributed by atoms with E-state index in [0.717, 1.165) is 0 Å².